The molecule has 1 N–H and O–H groups in total. The van der Waals surface area contributed by atoms with Gasteiger partial charge in [-0.2, -0.15) is 5.10 Å². The third-order valence-electron chi connectivity index (χ3n) is 2.93. The Morgan fingerprint density at radius 2 is 2.44 bits per heavy atom. The summed E-state index contributed by atoms with van der Waals surface area (Å²) in [5.74, 6) is -1.73. The molecule has 2 heterocycles. The van der Waals surface area contributed by atoms with E-state index in [9.17, 15) is 9.59 Å². The molecular formula is C11H15N3O4. The van der Waals surface area contributed by atoms with Gasteiger partial charge in [-0.3, -0.25) is 14.3 Å². The highest BCUT2D eigenvalue weighted by Crippen LogP contribution is 2.24. The molecule has 0 saturated carbocycles. The van der Waals surface area contributed by atoms with Crippen molar-refractivity contribution in [3.8, 4) is 0 Å². The zero-order chi connectivity index (χ0) is 13.1. The molecule has 0 aromatic carbocycles. The van der Waals surface area contributed by atoms with E-state index in [-0.39, 0.29) is 18.9 Å². The van der Waals surface area contributed by atoms with E-state index in [1.807, 2.05) is 0 Å². The Morgan fingerprint density at radius 1 is 1.67 bits per heavy atom. The third-order valence-corrected chi connectivity index (χ3v) is 2.93. The number of carboxylic acid groups (broad SMARTS) is 1. The number of aliphatic carboxylic acids is 1. The topological polar surface area (TPSA) is 84.7 Å². The van der Waals surface area contributed by atoms with E-state index in [4.69, 9.17) is 9.84 Å². The van der Waals surface area contributed by atoms with Crippen LogP contribution in [0, 0.1) is 5.92 Å². The number of aromatic nitrogens is 2. The van der Waals surface area contributed by atoms with Crippen LogP contribution in [0.4, 0.5) is 5.69 Å². The molecule has 1 aliphatic rings. The number of ether oxygens (including phenoxy) is 1. The van der Waals surface area contributed by atoms with E-state index >= 15 is 0 Å². The van der Waals surface area contributed by atoms with E-state index in [0.29, 0.717) is 18.8 Å². The summed E-state index contributed by atoms with van der Waals surface area (Å²) in [6.07, 6.45) is 3.34. The molecule has 7 heteroatoms. The Hall–Kier alpha value is -1.89. The molecule has 1 fully saturated rings. The molecule has 2 rings (SSSR count). The molecule has 1 aromatic heterocycles. The van der Waals surface area contributed by atoms with Gasteiger partial charge in [0, 0.05) is 26.3 Å². The second kappa shape index (κ2) is 5.18. The molecule has 1 saturated heterocycles. The highest BCUT2D eigenvalue weighted by atomic mass is 16.5. The van der Waals surface area contributed by atoms with Crippen molar-refractivity contribution in [1.82, 2.24) is 9.78 Å². The lowest BCUT2D eigenvalue weighted by molar-refractivity contribution is -0.141. The molecule has 1 atom stereocenters. The van der Waals surface area contributed by atoms with Crippen molar-refractivity contribution in [2.75, 3.05) is 25.2 Å². The number of anilines is 1. The summed E-state index contributed by atoms with van der Waals surface area (Å²) >= 11 is 0. The zero-order valence-corrected chi connectivity index (χ0v) is 10.1. The van der Waals surface area contributed by atoms with Crippen molar-refractivity contribution >= 4 is 17.6 Å². The minimum absolute atomic E-state index is 0.0542. The molecule has 1 aliphatic heterocycles. The van der Waals surface area contributed by atoms with Gasteiger partial charge in [0.2, 0.25) is 5.91 Å². The molecule has 7 nitrogen and oxygen atoms in total. The Bertz CT molecular complexity index is 457. The van der Waals surface area contributed by atoms with E-state index in [0.717, 1.165) is 0 Å². The van der Waals surface area contributed by atoms with E-state index in [2.05, 4.69) is 5.10 Å². The van der Waals surface area contributed by atoms with Crippen molar-refractivity contribution in [3.05, 3.63) is 12.4 Å². The van der Waals surface area contributed by atoms with Gasteiger partial charge >= 0.3 is 5.97 Å². The van der Waals surface area contributed by atoms with Crippen molar-refractivity contribution < 1.29 is 19.4 Å². The highest BCUT2D eigenvalue weighted by Gasteiger charge is 2.35. The molecule has 98 valence electrons. The third kappa shape index (κ3) is 2.51. The first kappa shape index (κ1) is 12.6. The lowest BCUT2D eigenvalue weighted by atomic mass is 10.1. The summed E-state index contributed by atoms with van der Waals surface area (Å²) in [7, 11) is 1.60. The number of amides is 1. The van der Waals surface area contributed by atoms with Crippen molar-refractivity contribution in [2.24, 2.45) is 5.92 Å². The van der Waals surface area contributed by atoms with E-state index in [1.165, 1.54) is 4.90 Å². The van der Waals surface area contributed by atoms with Crippen molar-refractivity contribution in [1.29, 1.82) is 0 Å². The normalized spacial score (nSPS) is 19.5. The Balaban J connectivity index is 2.05. The predicted molar refractivity (Wildman–Crippen MR) is 62.2 cm³/mol. The molecular weight excluding hydrogens is 238 g/mol. The van der Waals surface area contributed by atoms with Gasteiger partial charge in [0.05, 0.1) is 31.0 Å². The van der Waals surface area contributed by atoms with Gasteiger partial charge in [-0.15, -0.1) is 0 Å². The molecule has 0 radical (unpaired) electrons. The molecule has 0 aliphatic carbocycles. The first-order valence-electron chi connectivity index (χ1n) is 5.66. The van der Waals surface area contributed by atoms with Crippen molar-refractivity contribution in [3.63, 3.8) is 0 Å². The fourth-order valence-corrected chi connectivity index (χ4v) is 1.92. The van der Waals surface area contributed by atoms with Crippen LogP contribution < -0.4 is 4.90 Å². The minimum Gasteiger partial charge on any atom is -0.481 e. The maximum absolute atomic E-state index is 11.7. The van der Waals surface area contributed by atoms with Crippen LogP contribution in [0.1, 0.15) is 6.42 Å². The largest absolute Gasteiger partial charge is 0.481 e. The second-order valence-electron chi connectivity index (χ2n) is 4.20. The number of carboxylic acids is 1. The predicted octanol–water partition coefficient (Wildman–Crippen LogP) is -0.0330. The number of rotatable bonds is 5. The first-order chi connectivity index (χ1) is 8.61. The lowest BCUT2D eigenvalue weighted by Crippen LogP contribution is -2.25. The number of nitrogens with zero attached hydrogens (tertiary/aromatic N) is 3. The summed E-state index contributed by atoms with van der Waals surface area (Å²) in [5, 5.41) is 13.0. The molecule has 0 bridgehead atoms. The molecule has 18 heavy (non-hydrogen) atoms. The van der Waals surface area contributed by atoms with Gasteiger partial charge in [0.25, 0.3) is 0 Å². The van der Waals surface area contributed by atoms with Gasteiger partial charge in [-0.1, -0.05) is 0 Å². The highest BCUT2D eigenvalue weighted by molar-refractivity contribution is 5.98. The van der Waals surface area contributed by atoms with Crippen LogP contribution in [0.15, 0.2) is 12.4 Å². The SMILES string of the molecule is COCCn1cc(N2C[C@@H](C(=O)O)CC2=O)cn1. The van der Waals surface area contributed by atoms with Crippen molar-refractivity contribution in [2.45, 2.75) is 13.0 Å². The lowest BCUT2D eigenvalue weighted by Gasteiger charge is -2.12. The van der Waals surface area contributed by atoms with Crippen LogP contribution in [-0.2, 0) is 20.9 Å². The maximum atomic E-state index is 11.7. The second-order valence-corrected chi connectivity index (χ2v) is 4.20. The quantitative estimate of drug-likeness (QED) is 0.796. The van der Waals surface area contributed by atoms with E-state index < -0.39 is 11.9 Å². The van der Waals surface area contributed by atoms with Crippen LogP contribution in [0.2, 0.25) is 0 Å². The summed E-state index contributed by atoms with van der Waals surface area (Å²) in [6, 6.07) is 0. The minimum atomic E-state index is -0.933. The van der Waals surface area contributed by atoms with Gasteiger partial charge in [-0.05, 0) is 0 Å². The molecule has 0 spiro atoms. The zero-order valence-electron chi connectivity index (χ0n) is 10.1. The van der Waals surface area contributed by atoms with Crippen LogP contribution in [0.5, 0.6) is 0 Å². The number of hydrogen-bond donors (Lipinski definition) is 1. The van der Waals surface area contributed by atoms with Gasteiger partial charge in [0.1, 0.15) is 0 Å². The van der Waals surface area contributed by atoms with Gasteiger partial charge in [-0.25, -0.2) is 0 Å². The smallest absolute Gasteiger partial charge is 0.308 e. The van der Waals surface area contributed by atoms with Crippen LogP contribution in [0.25, 0.3) is 0 Å². The molecule has 1 amide bonds. The number of methoxy groups -OCH3 is 1. The summed E-state index contributed by atoms with van der Waals surface area (Å²) in [6.45, 7) is 1.35. The molecule has 1 aromatic rings. The number of hydrogen-bond acceptors (Lipinski definition) is 4. The fourth-order valence-electron chi connectivity index (χ4n) is 1.92. The maximum Gasteiger partial charge on any atom is 0.308 e. The molecule has 0 unspecified atom stereocenters. The average molecular weight is 253 g/mol. The average Bonchev–Trinajstić information content (AvgIpc) is 2.92. The summed E-state index contributed by atoms with van der Waals surface area (Å²) < 4.78 is 6.60. The van der Waals surface area contributed by atoms with Crippen LogP contribution in [0.3, 0.4) is 0 Å². The van der Waals surface area contributed by atoms with Gasteiger partial charge < -0.3 is 14.7 Å². The Morgan fingerprint density at radius 3 is 3.06 bits per heavy atom. The monoisotopic (exact) mass is 253 g/mol. The van der Waals surface area contributed by atoms with E-state index in [1.54, 1.807) is 24.2 Å². The van der Waals surface area contributed by atoms with Gasteiger partial charge in [0.15, 0.2) is 0 Å². The fraction of sp³-hybridized carbons (Fsp3) is 0.545. The first-order valence-corrected chi connectivity index (χ1v) is 5.66. The van der Waals surface area contributed by atoms with Crippen LogP contribution >= 0.6 is 0 Å². The Labute approximate surface area is 104 Å². The summed E-state index contributed by atoms with van der Waals surface area (Å²) in [5.41, 5.74) is 0.639. The summed E-state index contributed by atoms with van der Waals surface area (Å²) in [4.78, 5) is 24.0. The Kier molecular flexibility index (Phi) is 3.61. The number of carbonyl (C=O) groups is 2. The standard InChI is InChI=1S/C11H15N3O4/c1-18-3-2-13-7-9(5-12-13)14-6-8(11(16)17)4-10(14)15/h5,7-8H,2-4,6H2,1H3,(H,16,17)/t8-/m0/s1. The number of carbonyl (C=O) groups excluding carboxylic acids is 1. The van der Waals surface area contributed by atoms with Crippen LogP contribution in [-0.4, -0.2) is 47.0 Å².